The number of nitrogens with zero attached hydrogens (tertiary/aromatic N) is 2. The van der Waals surface area contributed by atoms with Crippen molar-refractivity contribution in [3.8, 4) is 0 Å². The van der Waals surface area contributed by atoms with Gasteiger partial charge in [-0.1, -0.05) is 36.4 Å². The zero-order chi connectivity index (χ0) is 15.4. The second kappa shape index (κ2) is 8.29. The quantitative estimate of drug-likeness (QED) is 0.462. The molecule has 2 aromatic carbocycles. The van der Waals surface area contributed by atoms with Crippen molar-refractivity contribution in [2.45, 2.75) is 12.8 Å². The lowest BCUT2D eigenvalue weighted by molar-refractivity contribution is 0.607. The summed E-state index contributed by atoms with van der Waals surface area (Å²) in [6, 6.07) is 15.3. The standard InChI is InChI=1S/C18H20FN3.HI/c1-20-18(21-12-10-14-6-2-4-8-16(14)19)22-13-11-15-7-3-5-9-17(15)22;/h2-9H,10-13H2,1H3,(H,20,21);1H. The van der Waals surface area contributed by atoms with E-state index in [0.717, 1.165) is 24.5 Å². The molecule has 2 aromatic rings. The molecule has 0 saturated carbocycles. The van der Waals surface area contributed by atoms with Crippen LogP contribution in [0.3, 0.4) is 0 Å². The first kappa shape index (κ1) is 17.7. The first-order valence-electron chi connectivity index (χ1n) is 7.59. The van der Waals surface area contributed by atoms with Crippen LogP contribution in [0, 0.1) is 5.82 Å². The van der Waals surface area contributed by atoms with E-state index in [2.05, 4.69) is 33.4 Å². The molecule has 5 heteroatoms. The molecule has 122 valence electrons. The highest BCUT2D eigenvalue weighted by molar-refractivity contribution is 14.0. The Kier molecular flexibility index (Phi) is 6.38. The Bertz CT molecular complexity index is 687. The molecule has 0 bridgehead atoms. The van der Waals surface area contributed by atoms with E-state index in [1.807, 2.05) is 18.2 Å². The largest absolute Gasteiger partial charge is 0.356 e. The average molecular weight is 425 g/mol. The van der Waals surface area contributed by atoms with Gasteiger partial charge >= 0.3 is 0 Å². The van der Waals surface area contributed by atoms with E-state index >= 15 is 0 Å². The summed E-state index contributed by atoms with van der Waals surface area (Å²) in [6.07, 6.45) is 1.67. The number of guanidine groups is 1. The SMILES string of the molecule is CN=C(NCCc1ccccc1F)N1CCc2ccccc21.I. The molecular weight excluding hydrogens is 404 g/mol. The second-order valence-corrected chi connectivity index (χ2v) is 5.35. The number of hydrogen-bond acceptors (Lipinski definition) is 1. The van der Waals surface area contributed by atoms with Gasteiger partial charge in [-0.25, -0.2) is 4.39 Å². The number of benzene rings is 2. The van der Waals surface area contributed by atoms with Crippen LogP contribution in [0.5, 0.6) is 0 Å². The summed E-state index contributed by atoms with van der Waals surface area (Å²) in [5.41, 5.74) is 3.29. The Morgan fingerprint density at radius 2 is 1.91 bits per heavy atom. The molecule has 0 fully saturated rings. The van der Waals surface area contributed by atoms with Crippen LogP contribution in [-0.4, -0.2) is 26.1 Å². The van der Waals surface area contributed by atoms with E-state index in [0.29, 0.717) is 13.0 Å². The first-order valence-corrected chi connectivity index (χ1v) is 7.59. The Hall–Kier alpha value is -1.63. The van der Waals surface area contributed by atoms with Crippen molar-refractivity contribution in [2.75, 3.05) is 25.0 Å². The molecule has 0 amide bonds. The van der Waals surface area contributed by atoms with Gasteiger partial charge in [0.1, 0.15) is 5.82 Å². The van der Waals surface area contributed by atoms with Crippen LogP contribution in [0.25, 0.3) is 0 Å². The van der Waals surface area contributed by atoms with Crippen molar-refractivity contribution in [2.24, 2.45) is 4.99 Å². The molecule has 1 aliphatic heterocycles. The Morgan fingerprint density at radius 3 is 2.70 bits per heavy atom. The van der Waals surface area contributed by atoms with Gasteiger partial charge in [-0.05, 0) is 36.1 Å². The highest BCUT2D eigenvalue weighted by Gasteiger charge is 2.22. The molecule has 0 saturated heterocycles. The van der Waals surface area contributed by atoms with Crippen molar-refractivity contribution in [3.05, 3.63) is 65.5 Å². The molecule has 3 nitrogen and oxygen atoms in total. The maximum absolute atomic E-state index is 13.6. The van der Waals surface area contributed by atoms with Crippen molar-refractivity contribution in [1.82, 2.24) is 5.32 Å². The van der Waals surface area contributed by atoms with Gasteiger partial charge in [0, 0.05) is 25.8 Å². The predicted molar refractivity (Wildman–Crippen MR) is 104 cm³/mol. The number of aliphatic imine (C=N–C) groups is 1. The molecule has 1 N–H and O–H groups in total. The Labute approximate surface area is 153 Å². The zero-order valence-corrected chi connectivity index (χ0v) is 15.5. The van der Waals surface area contributed by atoms with Gasteiger partial charge in [0.15, 0.2) is 5.96 Å². The topological polar surface area (TPSA) is 27.6 Å². The third-order valence-corrected chi connectivity index (χ3v) is 3.99. The lowest BCUT2D eigenvalue weighted by Gasteiger charge is -2.22. The van der Waals surface area contributed by atoms with E-state index in [4.69, 9.17) is 0 Å². The molecule has 1 aliphatic rings. The summed E-state index contributed by atoms with van der Waals surface area (Å²) < 4.78 is 13.6. The highest BCUT2D eigenvalue weighted by atomic mass is 127. The lowest BCUT2D eigenvalue weighted by atomic mass is 10.1. The summed E-state index contributed by atoms with van der Waals surface area (Å²) in [4.78, 5) is 6.55. The molecule has 1 heterocycles. The lowest BCUT2D eigenvalue weighted by Crippen LogP contribution is -2.41. The van der Waals surface area contributed by atoms with Gasteiger partial charge in [0.2, 0.25) is 0 Å². The van der Waals surface area contributed by atoms with Gasteiger partial charge < -0.3 is 10.2 Å². The number of nitrogens with one attached hydrogen (secondary N) is 1. The van der Waals surface area contributed by atoms with E-state index in [-0.39, 0.29) is 29.8 Å². The smallest absolute Gasteiger partial charge is 0.198 e. The van der Waals surface area contributed by atoms with E-state index < -0.39 is 0 Å². The number of halogens is 2. The minimum Gasteiger partial charge on any atom is -0.356 e. The highest BCUT2D eigenvalue weighted by Crippen LogP contribution is 2.27. The Balaban J connectivity index is 0.00000192. The molecule has 0 radical (unpaired) electrons. The molecule has 3 rings (SSSR count). The molecule has 23 heavy (non-hydrogen) atoms. The normalized spacial score (nSPS) is 13.5. The van der Waals surface area contributed by atoms with Crippen LogP contribution in [0.1, 0.15) is 11.1 Å². The fourth-order valence-electron chi connectivity index (χ4n) is 2.86. The minimum atomic E-state index is -0.147. The zero-order valence-electron chi connectivity index (χ0n) is 13.1. The minimum absolute atomic E-state index is 0. The second-order valence-electron chi connectivity index (χ2n) is 5.35. The van der Waals surface area contributed by atoms with Crippen LogP contribution in [0.4, 0.5) is 10.1 Å². The average Bonchev–Trinajstić information content (AvgIpc) is 2.97. The summed E-state index contributed by atoms with van der Waals surface area (Å²) in [6.45, 7) is 1.59. The number of hydrogen-bond donors (Lipinski definition) is 1. The van der Waals surface area contributed by atoms with Crippen molar-refractivity contribution in [3.63, 3.8) is 0 Å². The first-order chi connectivity index (χ1) is 10.8. The molecular formula is C18H21FIN3. The molecule has 0 aliphatic carbocycles. The molecule has 0 unspecified atom stereocenters. The monoisotopic (exact) mass is 425 g/mol. The van der Waals surface area contributed by atoms with Crippen LogP contribution in [0.2, 0.25) is 0 Å². The summed E-state index contributed by atoms with van der Waals surface area (Å²) in [5.74, 6) is 0.701. The third kappa shape index (κ3) is 4.02. The fourth-order valence-corrected chi connectivity index (χ4v) is 2.86. The van der Waals surface area contributed by atoms with Crippen LogP contribution < -0.4 is 10.2 Å². The summed E-state index contributed by atoms with van der Waals surface area (Å²) in [5, 5.41) is 3.34. The summed E-state index contributed by atoms with van der Waals surface area (Å²) in [7, 11) is 1.78. The van der Waals surface area contributed by atoms with E-state index in [1.165, 1.54) is 17.3 Å². The fraction of sp³-hybridized carbons (Fsp3) is 0.278. The molecule has 0 aromatic heterocycles. The number of fused-ring (bicyclic) bond motifs is 1. The number of anilines is 1. The van der Waals surface area contributed by atoms with Crippen molar-refractivity contribution in [1.29, 1.82) is 0 Å². The van der Waals surface area contributed by atoms with Crippen LogP contribution in [0.15, 0.2) is 53.5 Å². The van der Waals surface area contributed by atoms with Gasteiger partial charge in [-0.3, -0.25) is 4.99 Å². The van der Waals surface area contributed by atoms with E-state index in [1.54, 1.807) is 13.1 Å². The van der Waals surface area contributed by atoms with Crippen LogP contribution in [-0.2, 0) is 12.8 Å². The summed E-state index contributed by atoms with van der Waals surface area (Å²) >= 11 is 0. The van der Waals surface area contributed by atoms with Crippen molar-refractivity contribution < 1.29 is 4.39 Å². The molecule has 0 spiro atoms. The number of rotatable bonds is 3. The van der Waals surface area contributed by atoms with Crippen molar-refractivity contribution >= 4 is 35.6 Å². The third-order valence-electron chi connectivity index (χ3n) is 3.99. The Morgan fingerprint density at radius 1 is 1.17 bits per heavy atom. The van der Waals surface area contributed by atoms with E-state index in [9.17, 15) is 4.39 Å². The molecule has 0 atom stereocenters. The van der Waals surface area contributed by atoms with Gasteiger partial charge in [-0.15, -0.1) is 24.0 Å². The van der Waals surface area contributed by atoms with Gasteiger partial charge in [0.25, 0.3) is 0 Å². The number of para-hydroxylation sites is 1. The maximum Gasteiger partial charge on any atom is 0.198 e. The maximum atomic E-state index is 13.6. The predicted octanol–water partition coefficient (Wildman–Crippen LogP) is 3.62. The van der Waals surface area contributed by atoms with Crippen LogP contribution >= 0.6 is 24.0 Å². The van der Waals surface area contributed by atoms with Gasteiger partial charge in [-0.2, -0.15) is 0 Å². The van der Waals surface area contributed by atoms with Gasteiger partial charge in [0.05, 0.1) is 0 Å².